The van der Waals surface area contributed by atoms with Gasteiger partial charge >= 0.3 is 5.97 Å². The molecule has 0 N–H and O–H groups in total. The first kappa shape index (κ1) is 21.1. The molecule has 1 aromatic carbocycles. The molecule has 1 aromatic rings. The van der Waals surface area contributed by atoms with Crippen molar-refractivity contribution in [2.45, 2.75) is 65.9 Å². The van der Waals surface area contributed by atoms with Crippen molar-refractivity contribution in [2.24, 2.45) is 17.3 Å². The first-order valence-electron chi connectivity index (χ1n) is 12.3. The van der Waals surface area contributed by atoms with Gasteiger partial charge in [0.05, 0.1) is 5.92 Å². The average molecular weight is 423 g/mol. The van der Waals surface area contributed by atoms with E-state index < -0.39 is 0 Å². The van der Waals surface area contributed by atoms with Crippen molar-refractivity contribution >= 4 is 11.7 Å². The Labute approximate surface area is 187 Å². The first-order chi connectivity index (χ1) is 14.8. The molecule has 2 heterocycles. The van der Waals surface area contributed by atoms with E-state index in [0.717, 1.165) is 45.6 Å². The lowest BCUT2D eigenvalue weighted by Crippen LogP contribution is -2.49. The lowest BCUT2D eigenvalue weighted by molar-refractivity contribution is -0.145. The first-order valence-corrected chi connectivity index (χ1v) is 12.3. The van der Waals surface area contributed by atoms with Gasteiger partial charge in [0.1, 0.15) is 6.10 Å². The summed E-state index contributed by atoms with van der Waals surface area (Å²) in [5.74, 6) is 0.484. The number of fused-ring (bicyclic) bond motifs is 2. The molecule has 0 aromatic heterocycles. The molecule has 1 saturated carbocycles. The molecule has 31 heavy (non-hydrogen) atoms. The topological polar surface area (TPSA) is 32.8 Å². The SMILES string of the molecule is CC1=C2C[C@H]3[C@H](C[C@]2(C)CCC1)OC(=O)[C@H]3CN1CCN(c2ccc(C)cc2C)CC1. The number of piperazine rings is 1. The summed E-state index contributed by atoms with van der Waals surface area (Å²) in [6.07, 6.45) is 6.02. The maximum absolute atomic E-state index is 12.9. The second kappa shape index (κ2) is 7.95. The number of nitrogens with zero attached hydrogens (tertiary/aromatic N) is 2. The number of aryl methyl sites for hydroxylation is 2. The number of carbonyl (C=O) groups excluding carboxylic acids is 1. The number of esters is 1. The Morgan fingerprint density at radius 3 is 2.65 bits per heavy atom. The molecule has 0 amide bonds. The Morgan fingerprint density at radius 1 is 1.13 bits per heavy atom. The van der Waals surface area contributed by atoms with Crippen molar-refractivity contribution in [3.8, 4) is 0 Å². The van der Waals surface area contributed by atoms with Gasteiger partial charge in [0, 0.05) is 44.3 Å². The highest BCUT2D eigenvalue weighted by Crippen LogP contribution is 2.55. The van der Waals surface area contributed by atoms with Crippen LogP contribution in [0.1, 0.15) is 57.1 Å². The molecule has 2 aliphatic carbocycles. The minimum atomic E-state index is 0.0458. The maximum atomic E-state index is 12.9. The van der Waals surface area contributed by atoms with Crippen molar-refractivity contribution in [2.75, 3.05) is 37.6 Å². The number of rotatable bonds is 3. The third kappa shape index (κ3) is 3.82. The minimum Gasteiger partial charge on any atom is -0.462 e. The van der Waals surface area contributed by atoms with Crippen LogP contribution in [0.25, 0.3) is 0 Å². The highest BCUT2D eigenvalue weighted by Gasteiger charge is 2.53. The molecule has 0 radical (unpaired) electrons. The van der Waals surface area contributed by atoms with Crippen LogP contribution in [0.2, 0.25) is 0 Å². The van der Waals surface area contributed by atoms with Crippen molar-refractivity contribution in [1.29, 1.82) is 0 Å². The third-order valence-electron chi connectivity index (χ3n) is 8.70. The van der Waals surface area contributed by atoms with Crippen molar-refractivity contribution in [3.63, 3.8) is 0 Å². The fraction of sp³-hybridized carbons (Fsp3) is 0.667. The molecule has 4 aliphatic rings. The Hall–Kier alpha value is -1.81. The van der Waals surface area contributed by atoms with E-state index in [0.29, 0.717) is 5.92 Å². The van der Waals surface area contributed by atoms with Gasteiger partial charge in [-0.2, -0.15) is 0 Å². The number of hydrogen-bond acceptors (Lipinski definition) is 4. The van der Waals surface area contributed by atoms with Gasteiger partial charge in [-0.25, -0.2) is 0 Å². The van der Waals surface area contributed by atoms with E-state index in [2.05, 4.69) is 55.7 Å². The van der Waals surface area contributed by atoms with Gasteiger partial charge in [0.2, 0.25) is 0 Å². The van der Waals surface area contributed by atoms with Crippen LogP contribution in [0.4, 0.5) is 5.69 Å². The van der Waals surface area contributed by atoms with Gasteiger partial charge in [-0.05, 0) is 69.9 Å². The zero-order chi connectivity index (χ0) is 21.8. The van der Waals surface area contributed by atoms with Gasteiger partial charge < -0.3 is 9.64 Å². The maximum Gasteiger partial charge on any atom is 0.310 e. The van der Waals surface area contributed by atoms with Gasteiger partial charge in [0.15, 0.2) is 0 Å². The van der Waals surface area contributed by atoms with Crippen LogP contribution in [0.5, 0.6) is 0 Å². The van der Waals surface area contributed by atoms with E-state index in [4.69, 9.17) is 4.74 Å². The zero-order valence-electron chi connectivity index (χ0n) is 19.7. The van der Waals surface area contributed by atoms with E-state index in [-0.39, 0.29) is 23.4 Å². The molecule has 4 nitrogen and oxygen atoms in total. The monoisotopic (exact) mass is 422 g/mol. The van der Waals surface area contributed by atoms with Crippen LogP contribution >= 0.6 is 0 Å². The Kier molecular flexibility index (Phi) is 5.40. The zero-order valence-corrected chi connectivity index (χ0v) is 19.7. The van der Waals surface area contributed by atoms with Crippen LogP contribution in [0, 0.1) is 31.1 Å². The summed E-state index contributed by atoms with van der Waals surface area (Å²) in [7, 11) is 0. The Bertz CT molecular complexity index is 898. The smallest absolute Gasteiger partial charge is 0.310 e. The molecular formula is C27H38N2O2. The Morgan fingerprint density at radius 2 is 1.90 bits per heavy atom. The van der Waals surface area contributed by atoms with Crippen LogP contribution in [0.3, 0.4) is 0 Å². The van der Waals surface area contributed by atoms with Crippen LogP contribution < -0.4 is 4.90 Å². The summed E-state index contributed by atoms with van der Waals surface area (Å²) in [5, 5.41) is 0. The Balaban J connectivity index is 1.24. The summed E-state index contributed by atoms with van der Waals surface area (Å²) in [6.45, 7) is 14.1. The van der Waals surface area contributed by atoms with Crippen LogP contribution in [-0.4, -0.2) is 49.7 Å². The number of benzene rings is 1. The quantitative estimate of drug-likeness (QED) is 0.513. The second-order valence-electron chi connectivity index (χ2n) is 10.9. The number of carbonyl (C=O) groups is 1. The van der Waals surface area contributed by atoms with Gasteiger partial charge in [-0.1, -0.05) is 35.8 Å². The molecule has 2 saturated heterocycles. The van der Waals surface area contributed by atoms with E-state index in [1.54, 1.807) is 11.1 Å². The fourth-order valence-corrected chi connectivity index (χ4v) is 6.93. The minimum absolute atomic E-state index is 0.0458. The predicted octanol–water partition coefficient (Wildman–Crippen LogP) is 4.88. The predicted molar refractivity (Wildman–Crippen MR) is 125 cm³/mol. The molecule has 0 spiro atoms. The van der Waals surface area contributed by atoms with Crippen LogP contribution in [-0.2, 0) is 9.53 Å². The lowest BCUT2D eigenvalue weighted by atomic mass is 9.59. The molecule has 3 fully saturated rings. The number of hydrogen-bond donors (Lipinski definition) is 0. The lowest BCUT2D eigenvalue weighted by Gasteiger charge is -2.46. The molecule has 4 atom stereocenters. The normalized spacial score (nSPS) is 33.9. The summed E-state index contributed by atoms with van der Waals surface area (Å²) >= 11 is 0. The van der Waals surface area contributed by atoms with Crippen molar-refractivity contribution in [3.05, 3.63) is 40.5 Å². The third-order valence-corrected chi connectivity index (χ3v) is 8.70. The van der Waals surface area contributed by atoms with Gasteiger partial charge in [0.25, 0.3) is 0 Å². The summed E-state index contributed by atoms with van der Waals surface area (Å²) in [6, 6.07) is 6.75. The molecule has 0 unspecified atom stereocenters. The largest absolute Gasteiger partial charge is 0.462 e. The summed E-state index contributed by atoms with van der Waals surface area (Å²) in [4.78, 5) is 17.9. The number of allylic oxidation sites excluding steroid dienone is 2. The molecular weight excluding hydrogens is 384 g/mol. The van der Waals surface area contributed by atoms with Gasteiger partial charge in [-0.15, -0.1) is 0 Å². The average Bonchev–Trinajstić information content (AvgIpc) is 3.01. The molecule has 5 rings (SSSR count). The van der Waals surface area contributed by atoms with Gasteiger partial charge in [-0.3, -0.25) is 9.69 Å². The van der Waals surface area contributed by atoms with E-state index in [1.165, 1.54) is 36.1 Å². The fourth-order valence-electron chi connectivity index (χ4n) is 6.93. The molecule has 0 bridgehead atoms. The summed E-state index contributed by atoms with van der Waals surface area (Å²) in [5.41, 5.74) is 7.54. The van der Waals surface area contributed by atoms with Crippen molar-refractivity contribution in [1.82, 2.24) is 4.90 Å². The highest BCUT2D eigenvalue weighted by atomic mass is 16.6. The summed E-state index contributed by atoms with van der Waals surface area (Å²) < 4.78 is 5.99. The number of ether oxygens (including phenoxy) is 1. The van der Waals surface area contributed by atoms with E-state index in [9.17, 15) is 4.79 Å². The molecule has 168 valence electrons. The van der Waals surface area contributed by atoms with Crippen molar-refractivity contribution < 1.29 is 9.53 Å². The van der Waals surface area contributed by atoms with E-state index in [1.807, 2.05) is 0 Å². The number of anilines is 1. The standard InChI is InChI=1S/C27H38N2O2/c1-18-7-8-24(20(3)14-18)29-12-10-28(11-13-29)17-22-21-15-23-19(2)6-5-9-27(23,4)16-25(21)31-26(22)30/h7-8,14,21-22,25H,5-6,9-13,15-17H2,1-4H3/t21-,22+,25+,27+/m1/s1. The molecule has 4 heteroatoms. The molecule has 2 aliphatic heterocycles. The second-order valence-corrected chi connectivity index (χ2v) is 10.9. The van der Waals surface area contributed by atoms with Crippen LogP contribution in [0.15, 0.2) is 29.3 Å². The highest BCUT2D eigenvalue weighted by molar-refractivity contribution is 5.76. The van der Waals surface area contributed by atoms with E-state index >= 15 is 0 Å².